The van der Waals surface area contributed by atoms with Crippen LogP contribution in [-0.2, 0) is 38.9 Å². The van der Waals surface area contributed by atoms with Gasteiger partial charge in [-0.05, 0) is 44.7 Å². The van der Waals surface area contributed by atoms with Gasteiger partial charge in [0.25, 0.3) is 0 Å². The van der Waals surface area contributed by atoms with Crippen molar-refractivity contribution >= 4 is 17.9 Å². The van der Waals surface area contributed by atoms with Crippen LogP contribution in [0.4, 0.5) is 0 Å². The van der Waals surface area contributed by atoms with Gasteiger partial charge < -0.3 is 23.4 Å². The van der Waals surface area contributed by atoms with Gasteiger partial charge in [-0.15, -0.1) is 0 Å². The summed E-state index contributed by atoms with van der Waals surface area (Å²) in [6, 6.07) is 19.9. The van der Waals surface area contributed by atoms with Crippen LogP contribution in [0.15, 0.2) is 60.7 Å². The molecule has 2 bridgehead atoms. The minimum absolute atomic E-state index is 0.164. The minimum atomic E-state index is -1.58. The van der Waals surface area contributed by atoms with Crippen molar-refractivity contribution in [3.63, 3.8) is 0 Å². The Bertz CT molecular complexity index is 1240. The summed E-state index contributed by atoms with van der Waals surface area (Å²) in [6.07, 6.45) is 10.2. The Morgan fingerprint density at radius 2 is 1.26 bits per heavy atom. The normalized spacial score (nSPS) is 22.0. The van der Waals surface area contributed by atoms with Gasteiger partial charge in [0.05, 0.1) is 25.2 Å². The summed E-state index contributed by atoms with van der Waals surface area (Å²) < 4.78 is 24.9. The smallest absolute Gasteiger partial charge is 0.348 e. The summed E-state index contributed by atoms with van der Waals surface area (Å²) in [5.41, 5.74) is -0.796. The average molecular weight is 635 g/mol. The Morgan fingerprint density at radius 3 is 1.78 bits per heavy atom. The van der Waals surface area contributed by atoms with E-state index in [0.717, 1.165) is 25.7 Å². The zero-order chi connectivity index (χ0) is 32.6. The number of unbranched alkanes of at least 4 members (excludes halogenated alkanes) is 3. The van der Waals surface area contributed by atoms with E-state index in [4.69, 9.17) is 18.9 Å². The van der Waals surface area contributed by atoms with Crippen molar-refractivity contribution in [3.8, 4) is 0 Å². The summed E-state index contributed by atoms with van der Waals surface area (Å²) in [5.74, 6) is -1.06. The Morgan fingerprint density at radius 1 is 0.739 bits per heavy atom. The summed E-state index contributed by atoms with van der Waals surface area (Å²) >= 11 is 0. The molecule has 3 aliphatic heterocycles. The van der Waals surface area contributed by atoms with Crippen molar-refractivity contribution < 1.29 is 37.8 Å². The summed E-state index contributed by atoms with van der Waals surface area (Å²) in [5, 5.41) is 0. The number of hydrogen-bond donors (Lipinski definition) is 0. The van der Waals surface area contributed by atoms with Gasteiger partial charge in [0.2, 0.25) is 5.60 Å². The van der Waals surface area contributed by atoms with E-state index in [1.807, 2.05) is 81.4 Å². The summed E-state index contributed by atoms with van der Waals surface area (Å²) in [7, 11) is 0. The van der Waals surface area contributed by atoms with E-state index in [-0.39, 0.29) is 31.3 Å². The first-order valence-electron chi connectivity index (χ1n) is 17.3. The van der Waals surface area contributed by atoms with Crippen LogP contribution in [-0.4, -0.2) is 66.1 Å². The maximum atomic E-state index is 14.4. The van der Waals surface area contributed by atoms with Gasteiger partial charge in [0.1, 0.15) is 11.7 Å². The fraction of sp³-hybridized carbons (Fsp3) is 0.605. The lowest BCUT2D eigenvalue weighted by atomic mass is 9.85. The molecule has 46 heavy (non-hydrogen) atoms. The fourth-order valence-electron chi connectivity index (χ4n) is 8.06. The zero-order valence-electron chi connectivity index (χ0n) is 27.9. The molecule has 2 unspecified atom stereocenters. The van der Waals surface area contributed by atoms with Crippen molar-refractivity contribution in [1.82, 2.24) is 0 Å². The number of benzene rings is 2. The van der Waals surface area contributed by atoms with E-state index in [9.17, 15) is 14.4 Å². The number of nitrogens with zero attached hydrogens (tertiary/aromatic N) is 1. The molecule has 3 aliphatic rings. The van der Waals surface area contributed by atoms with Gasteiger partial charge in [-0.3, -0.25) is 9.59 Å². The standard InChI is InChI=1S/C38H52NO7/c1-37(2,3)46-35(41)21-13-5-4-12-20-34(40)43-28-44-38(29-16-8-6-9-17-29,30-18-10-7-11-19-30)36(42)45-33-26-31-22-23-32(27-33)39(31)24-14-15-25-39/h6-11,16-19,31-33H,4-5,12-15,20-28H2,1-3H3/q+1. The van der Waals surface area contributed by atoms with E-state index >= 15 is 0 Å². The SMILES string of the molecule is CC(C)(C)OC(=O)CCCCCCC(=O)OCOC(C(=O)OC1CC2CCC(C1)[N+]21CCCC1)(c1ccccc1)c1ccccc1. The first kappa shape index (κ1) is 34.1. The maximum absolute atomic E-state index is 14.4. The Hall–Kier alpha value is -3.23. The number of carbonyl (C=O) groups excluding carboxylic acids is 3. The van der Waals surface area contributed by atoms with Crippen molar-refractivity contribution in [2.24, 2.45) is 0 Å². The predicted molar refractivity (Wildman–Crippen MR) is 174 cm³/mol. The van der Waals surface area contributed by atoms with Crippen LogP contribution in [0.5, 0.6) is 0 Å². The Kier molecular flexibility index (Phi) is 11.2. The van der Waals surface area contributed by atoms with Crippen LogP contribution in [0.25, 0.3) is 0 Å². The van der Waals surface area contributed by atoms with E-state index in [0.29, 0.717) is 42.5 Å². The first-order valence-corrected chi connectivity index (χ1v) is 17.3. The third-order valence-corrected chi connectivity index (χ3v) is 10.1. The molecule has 0 saturated carbocycles. The molecule has 0 N–H and O–H groups in total. The van der Waals surface area contributed by atoms with E-state index < -0.39 is 17.2 Å². The van der Waals surface area contributed by atoms with Gasteiger partial charge in [-0.2, -0.15) is 0 Å². The number of piperidine rings is 1. The van der Waals surface area contributed by atoms with Crippen molar-refractivity contribution in [2.75, 3.05) is 19.9 Å². The molecule has 0 aliphatic carbocycles. The molecular formula is C38H52NO7+. The van der Waals surface area contributed by atoms with E-state index in [2.05, 4.69) is 0 Å². The molecule has 2 aromatic carbocycles. The number of esters is 3. The van der Waals surface area contributed by atoms with Crippen LogP contribution in [0.1, 0.15) is 109 Å². The molecule has 0 aromatic heterocycles. The third kappa shape index (κ3) is 8.00. The molecule has 0 amide bonds. The quantitative estimate of drug-likeness (QED) is 0.0729. The molecule has 0 radical (unpaired) electrons. The molecule has 2 atom stereocenters. The fourth-order valence-corrected chi connectivity index (χ4v) is 8.06. The largest absolute Gasteiger partial charge is 0.460 e. The summed E-state index contributed by atoms with van der Waals surface area (Å²) in [6.45, 7) is 7.71. The van der Waals surface area contributed by atoms with E-state index in [1.54, 1.807) is 0 Å². The molecule has 5 rings (SSSR count). The van der Waals surface area contributed by atoms with Gasteiger partial charge in [0.15, 0.2) is 6.79 Å². The number of hydrogen-bond acceptors (Lipinski definition) is 7. The highest BCUT2D eigenvalue weighted by Crippen LogP contribution is 2.47. The molecule has 3 heterocycles. The maximum Gasteiger partial charge on any atom is 0.348 e. The Labute approximate surface area is 274 Å². The zero-order valence-corrected chi connectivity index (χ0v) is 27.9. The van der Waals surface area contributed by atoms with Crippen molar-refractivity contribution in [3.05, 3.63) is 71.8 Å². The van der Waals surface area contributed by atoms with Crippen LogP contribution in [0.2, 0.25) is 0 Å². The molecule has 3 fully saturated rings. The van der Waals surface area contributed by atoms with Gasteiger partial charge in [-0.1, -0.05) is 73.5 Å². The van der Waals surface area contributed by atoms with Crippen molar-refractivity contribution in [1.29, 1.82) is 0 Å². The molecule has 1 spiro atoms. The van der Waals surface area contributed by atoms with E-state index in [1.165, 1.54) is 43.3 Å². The number of rotatable bonds is 14. The average Bonchev–Trinajstić information content (AvgIpc) is 3.57. The third-order valence-electron chi connectivity index (χ3n) is 10.1. The topological polar surface area (TPSA) is 88.1 Å². The second-order valence-corrected chi connectivity index (χ2v) is 14.3. The molecule has 8 heteroatoms. The highest BCUT2D eigenvalue weighted by molar-refractivity contribution is 5.86. The molecular weight excluding hydrogens is 582 g/mol. The number of carbonyl (C=O) groups is 3. The highest BCUT2D eigenvalue weighted by atomic mass is 16.7. The monoisotopic (exact) mass is 634 g/mol. The Balaban J connectivity index is 1.20. The predicted octanol–water partition coefficient (Wildman–Crippen LogP) is 6.98. The number of quaternary nitrogens is 1. The lowest BCUT2D eigenvalue weighted by Crippen LogP contribution is -2.60. The molecule has 2 aromatic rings. The van der Waals surface area contributed by atoms with Crippen molar-refractivity contribution in [2.45, 2.75) is 127 Å². The lowest BCUT2D eigenvalue weighted by molar-refractivity contribution is -0.956. The lowest BCUT2D eigenvalue weighted by Gasteiger charge is -2.47. The summed E-state index contributed by atoms with van der Waals surface area (Å²) in [4.78, 5) is 39.0. The van der Waals surface area contributed by atoms with Gasteiger partial charge in [0, 0.05) is 51.4 Å². The van der Waals surface area contributed by atoms with Crippen LogP contribution in [0.3, 0.4) is 0 Å². The molecule has 8 nitrogen and oxygen atoms in total. The van der Waals surface area contributed by atoms with Gasteiger partial charge >= 0.3 is 17.9 Å². The van der Waals surface area contributed by atoms with Gasteiger partial charge in [-0.25, -0.2) is 4.79 Å². The molecule has 3 saturated heterocycles. The number of ether oxygens (including phenoxy) is 4. The van der Waals surface area contributed by atoms with Crippen LogP contribution >= 0.6 is 0 Å². The second-order valence-electron chi connectivity index (χ2n) is 14.3. The second kappa shape index (κ2) is 15.1. The minimum Gasteiger partial charge on any atom is -0.460 e. The molecule has 250 valence electrons. The van der Waals surface area contributed by atoms with Crippen LogP contribution in [0, 0.1) is 0 Å². The highest BCUT2D eigenvalue weighted by Gasteiger charge is 2.57. The first-order chi connectivity index (χ1) is 22.1. The van der Waals surface area contributed by atoms with Crippen LogP contribution < -0.4 is 0 Å².